The van der Waals surface area contributed by atoms with E-state index in [1.165, 1.54) is 24.3 Å². The lowest BCUT2D eigenvalue weighted by Gasteiger charge is -2.20. The van der Waals surface area contributed by atoms with Crippen LogP contribution in [0.15, 0.2) is 34.8 Å². The lowest BCUT2D eigenvalue weighted by Crippen LogP contribution is -2.25. The lowest BCUT2D eigenvalue weighted by atomic mass is 10.2. The summed E-state index contributed by atoms with van der Waals surface area (Å²) in [5.41, 5.74) is 6.58. The van der Waals surface area contributed by atoms with E-state index in [4.69, 9.17) is 15.2 Å². The van der Waals surface area contributed by atoms with Crippen molar-refractivity contribution >= 4 is 33.2 Å². The first-order valence-electron chi connectivity index (χ1n) is 6.02. The van der Waals surface area contributed by atoms with Crippen LogP contribution in [0.1, 0.15) is 0 Å². The normalized spacial score (nSPS) is 13.1. The summed E-state index contributed by atoms with van der Waals surface area (Å²) < 4.78 is 25.1. The van der Waals surface area contributed by atoms with E-state index in [2.05, 4.69) is 21.2 Å². The van der Waals surface area contributed by atoms with Crippen LogP contribution in [0, 0.1) is 5.82 Å². The van der Waals surface area contributed by atoms with Crippen molar-refractivity contribution in [1.82, 2.24) is 0 Å². The number of hydrogen-bond acceptors (Lipinski definition) is 4. The summed E-state index contributed by atoms with van der Waals surface area (Å²) in [6, 6.07) is 7.36. The topological polar surface area (TPSA) is 73.6 Å². The molecule has 5 nitrogen and oxygen atoms in total. The second-order valence-corrected chi connectivity index (χ2v) is 5.32. The van der Waals surface area contributed by atoms with Crippen molar-refractivity contribution in [3.05, 3.63) is 40.6 Å². The van der Waals surface area contributed by atoms with Crippen LogP contribution in [0.3, 0.4) is 0 Å². The second kappa shape index (κ2) is 5.25. The number of carbonyl (C=O) groups excluding carboxylic acids is 1. The summed E-state index contributed by atoms with van der Waals surface area (Å²) >= 11 is 3.24. The Morgan fingerprint density at radius 2 is 2.10 bits per heavy atom. The van der Waals surface area contributed by atoms with E-state index < -0.39 is 5.82 Å². The molecule has 0 aliphatic carbocycles. The van der Waals surface area contributed by atoms with Crippen molar-refractivity contribution in [3.63, 3.8) is 0 Å². The third-order valence-electron chi connectivity index (χ3n) is 2.86. The molecule has 0 spiro atoms. The maximum absolute atomic E-state index is 13.7. The Labute approximate surface area is 128 Å². The van der Waals surface area contributed by atoms with Gasteiger partial charge in [0.15, 0.2) is 23.9 Å². The number of nitrogens with one attached hydrogen (secondary N) is 1. The summed E-state index contributed by atoms with van der Waals surface area (Å²) in [6.45, 7) is -0.0626. The molecule has 2 aromatic carbocycles. The van der Waals surface area contributed by atoms with Crippen molar-refractivity contribution in [1.29, 1.82) is 0 Å². The highest BCUT2D eigenvalue weighted by atomic mass is 79.9. The molecule has 0 saturated heterocycles. The van der Waals surface area contributed by atoms with Crippen molar-refractivity contribution in [2.75, 3.05) is 17.7 Å². The Morgan fingerprint density at radius 3 is 2.90 bits per heavy atom. The fourth-order valence-corrected chi connectivity index (χ4v) is 2.22. The Bertz CT molecular complexity index is 736. The molecule has 7 heteroatoms. The van der Waals surface area contributed by atoms with Gasteiger partial charge in [-0.1, -0.05) is 15.9 Å². The van der Waals surface area contributed by atoms with Gasteiger partial charge < -0.3 is 20.5 Å². The van der Waals surface area contributed by atoms with E-state index in [0.717, 1.165) is 0 Å². The van der Waals surface area contributed by atoms with Gasteiger partial charge in [-0.05, 0) is 18.2 Å². The van der Waals surface area contributed by atoms with Crippen LogP contribution in [0.25, 0.3) is 0 Å². The molecule has 0 fully saturated rings. The number of fused-ring (bicyclic) bond motifs is 1. The molecule has 21 heavy (non-hydrogen) atoms. The smallest absolute Gasteiger partial charge is 0.262 e. The molecular weight excluding hydrogens is 343 g/mol. The molecule has 3 rings (SSSR count). The van der Waals surface area contributed by atoms with Crippen LogP contribution < -0.4 is 20.5 Å². The van der Waals surface area contributed by atoms with Crippen LogP contribution in [0.4, 0.5) is 15.8 Å². The number of rotatable bonds is 2. The van der Waals surface area contributed by atoms with Crippen LogP contribution in [0.2, 0.25) is 0 Å². The third kappa shape index (κ3) is 2.78. The zero-order valence-electron chi connectivity index (χ0n) is 10.7. The SMILES string of the molecule is Nc1cc2c(cc1Oc1cc(Br)ccc1F)NC(=O)CO2. The number of nitrogens with two attached hydrogens (primary N) is 1. The zero-order valence-corrected chi connectivity index (χ0v) is 12.2. The van der Waals surface area contributed by atoms with Gasteiger partial charge >= 0.3 is 0 Å². The molecule has 0 atom stereocenters. The quantitative estimate of drug-likeness (QED) is 0.813. The van der Waals surface area contributed by atoms with Gasteiger partial charge in [-0.3, -0.25) is 4.79 Å². The second-order valence-electron chi connectivity index (χ2n) is 4.40. The van der Waals surface area contributed by atoms with Gasteiger partial charge in [0, 0.05) is 16.6 Å². The molecule has 1 amide bonds. The number of anilines is 2. The highest BCUT2D eigenvalue weighted by Crippen LogP contribution is 2.39. The fourth-order valence-electron chi connectivity index (χ4n) is 1.88. The van der Waals surface area contributed by atoms with Gasteiger partial charge in [0.1, 0.15) is 5.75 Å². The maximum atomic E-state index is 13.7. The molecule has 3 N–H and O–H groups in total. The largest absolute Gasteiger partial charge is 0.481 e. The van der Waals surface area contributed by atoms with Gasteiger partial charge in [-0.15, -0.1) is 0 Å². The van der Waals surface area contributed by atoms with E-state index in [9.17, 15) is 9.18 Å². The Morgan fingerprint density at radius 1 is 1.29 bits per heavy atom. The molecule has 0 radical (unpaired) electrons. The Balaban J connectivity index is 1.97. The Hall–Kier alpha value is -2.28. The minimum atomic E-state index is -0.518. The zero-order chi connectivity index (χ0) is 15.0. The van der Waals surface area contributed by atoms with Crippen molar-refractivity contribution in [3.8, 4) is 17.2 Å². The van der Waals surface area contributed by atoms with E-state index >= 15 is 0 Å². The number of carbonyl (C=O) groups is 1. The van der Waals surface area contributed by atoms with Gasteiger partial charge in [0.2, 0.25) is 0 Å². The Kier molecular flexibility index (Phi) is 3.42. The highest BCUT2D eigenvalue weighted by Gasteiger charge is 2.19. The van der Waals surface area contributed by atoms with Crippen LogP contribution in [0.5, 0.6) is 17.2 Å². The van der Waals surface area contributed by atoms with E-state index in [1.807, 2.05) is 0 Å². The van der Waals surface area contributed by atoms with Crippen molar-refractivity contribution in [2.24, 2.45) is 0 Å². The predicted molar refractivity (Wildman–Crippen MR) is 79.2 cm³/mol. The third-order valence-corrected chi connectivity index (χ3v) is 3.35. The van der Waals surface area contributed by atoms with Crippen molar-refractivity contribution < 1.29 is 18.7 Å². The van der Waals surface area contributed by atoms with Crippen LogP contribution in [-0.2, 0) is 4.79 Å². The molecule has 108 valence electrons. The van der Waals surface area contributed by atoms with Gasteiger partial charge in [0.25, 0.3) is 5.91 Å². The molecule has 0 bridgehead atoms. The first kappa shape index (κ1) is 13.7. The van der Waals surface area contributed by atoms with E-state index in [1.54, 1.807) is 6.07 Å². The van der Waals surface area contributed by atoms with Crippen molar-refractivity contribution in [2.45, 2.75) is 0 Å². The lowest BCUT2D eigenvalue weighted by molar-refractivity contribution is -0.118. The molecule has 1 aliphatic rings. The molecule has 0 saturated carbocycles. The van der Waals surface area contributed by atoms with Gasteiger partial charge in [0.05, 0.1) is 11.4 Å². The monoisotopic (exact) mass is 352 g/mol. The molecular formula is C14H10BrFN2O3. The molecule has 0 unspecified atom stereocenters. The fraction of sp³-hybridized carbons (Fsp3) is 0.0714. The number of benzene rings is 2. The molecule has 1 heterocycles. The van der Waals surface area contributed by atoms with E-state index in [0.29, 0.717) is 15.9 Å². The number of nitrogen functional groups attached to an aromatic ring is 1. The summed E-state index contributed by atoms with van der Waals surface area (Å²) in [7, 11) is 0. The van der Waals surface area contributed by atoms with Crippen LogP contribution >= 0.6 is 15.9 Å². The van der Waals surface area contributed by atoms with Gasteiger partial charge in [-0.2, -0.15) is 0 Å². The standard InChI is InChI=1S/C14H10BrFN2O3/c15-7-1-2-8(16)11(3-7)21-12-5-10-13(4-9(12)17)20-6-14(19)18-10/h1-5H,6,17H2,(H,18,19). The first-order chi connectivity index (χ1) is 10.0. The number of amides is 1. The summed E-state index contributed by atoms with van der Waals surface area (Å²) in [6.07, 6.45) is 0. The summed E-state index contributed by atoms with van der Waals surface area (Å²) in [5.74, 6) is -0.0766. The molecule has 0 aromatic heterocycles. The summed E-state index contributed by atoms with van der Waals surface area (Å²) in [4.78, 5) is 11.3. The molecule has 1 aliphatic heterocycles. The first-order valence-corrected chi connectivity index (χ1v) is 6.81. The van der Waals surface area contributed by atoms with E-state index in [-0.39, 0.29) is 29.7 Å². The van der Waals surface area contributed by atoms with Gasteiger partial charge in [-0.25, -0.2) is 4.39 Å². The number of halogens is 2. The minimum absolute atomic E-state index is 0.0269. The summed E-state index contributed by atoms with van der Waals surface area (Å²) in [5, 5.41) is 2.64. The predicted octanol–water partition coefficient (Wildman–Crippen LogP) is 3.29. The maximum Gasteiger partial charge on any atom is 0.262 e. The highest BCUT2D eigenvalue weighted by molar-refractivity contribution is 9.10. The average molecular weight is 353 g/mol. The van der Waals surface area contributed by atoms with Crippen LogP contribution in [-0.4, -0.2) is 12.5 Å². The minimum Gasteiger partial charge on any atom is -0.481 e. The number of ether oxygens (including phenoxy) is 2. The number of hydrogen-bond donors (Lipinski definition) is 2. The average Bonchev–Trinajstić information content (AvgIpc) is 2.44. The molecule has 2 aromatic rings.